The maximum atomic E-state index is 5.90. The van der Waals surface area contributed by atoms with Crippen molar-refractivity contribution in [2.24, 2.45) is 0 Å². The Labute approximate surface area is 130 Å². The van der Waals surface area contributed by atoms with Gasteiger partial charge in [-0.25, -0.2) is 9.97 Å². The van der Waals surface area contributed by atoms with Crippen molar-refractivity contribution in [1.82, 2.24) is 14.5 Å². The number of imidazole rings is 1. The smallest absolute Gasteiger partial charge is 0.164 e. The molecule has 0 bridgehead atoms. The molecule has 0 spiro atoms. The molecule has 0 fully saturated rings. The molecule has 20 heavy (non-hydrogen) atoms. The third-order valence-corrected chi connectivity index (χ3v) is 3.83. The number of benzene rings is 1. The van der Waals surface area contributed by atoms with Crippen molar-refractivity contribution < 1.29 is 0 Å². The van der Waals surface area contributed by atoms with Crippen molar-refractivity contribution in [1.29, 1.82) is 0 Å². The number of hydrogen-bond donors (Lipinski definition) is 0. The van der Waals surface area contributed by atoms with Gasteiger partial charge in [-0.2, -0.15) is 0 Å². The molecule has 0 aliphatic heterocycles. The zero-order chi connectivity index (χ0) is 14.1. The van der Waals surface area contributed by atoms with Gasteiger partial charge in [0.15, 0.2) is 5.65 Å². The minimum Gasteiger partial charge on any atom is -0.281 e. The molecule has 0 unspecified atom stereocenters. The summed E-state index contributed by atoms with van der Waals surface area (Å²) in [5, 5.41) is 0. The van der Waals surface area contributed by atoms with E-state index in [1.807, 2.05) is 43.3 Å². The first-order valence-corrected chi connectivity index (χ1v) is 7.68. The molecule has 3 nitrogen and oxygen atoms in total. The zero-order valence-electron chi connectivity index (χ0n) is 11.0. The lowest BCUT2D eigenvalue weighted by Crippen LogP contribution is -2.03. The molecule has 0 N–H and O–H groups in total. The van der Waals surface area contributed by atoms with E-state index in [1.165, 1.54) is 0 Å². The Balaban J connectivity index is 2.27. The minimum absolute atomic E-state index is 0.541. The van der Waals surface area contributed by atoms with Crippen molar-refractivity contribution in [3.63, 3.8) is 0 Å². The SMILES string of the molecule is Cc1ccc2nc(CCCl)n(-c3ccc(Br)cc3)c2n1. The number of fused-ring (bicyclic) bond motifs is 1. The molecule has 0 aliphatic carbocycles. The van der Waals surface area contributed by atoms with Crippen LogP contribution in [-0.4, -0.2) is 20.4 Å². The summed E-state index contributed by atoms with van der Waals surface area (Å²) in [6.45, 7) is 1.99. The van der Waals surface area contributed by atoms with Gasteiger partial charge in [0, 0.05) is 28.2 Å². The van der Waals surface area contributed by atoms with Crippen molar-refractivity contribution in [2.75, 3.05) is 5.88 Å². The monoisotopic (exact) mass is 349 g/mol. The number of pyridine rings is 1. The predicted molar refractivity (Wildman–Crippen MR) is 85.7 cm³/mol. The van der Waals surface area contributed by atoms with E-state index >= 15 is 0 Å². The van der Waals surface area contributed by atoms with E-state index < -0.39 is 0 Å². The van der Waals surface area contributed by atoms with Crippen LogP contribution in [0.5, 0.6) is 0 Å². The van der Waals surface area contributed by atoms with Gasteiger partial charge in [0.2, 0.25) is 0 Å². The highest BCUT2D eigenvalue weighted by atomic mass is 79.9. The van der Waals surface area contributed by atoms with E-state index in [0.717, 1.165) is 32.8 Å². The molecule has 0 aliphatic rings. The van der Waals surface area contributed by atoms with Crippen LogP contribution in [0.25, 0.3) is 16.9 Å². The van der Waals surface area contributed by atoms with Crippen LogP contribution in [0, 0.1) is 6.92 Å². The Morgan fingerprint density at radius 3 is 2.55 bits per heavy atom. The van der Waals surface area contributed by atoms with Crippen LogP contribution < -0.4 is 0 Å². The summed E-state index contributed by atoms with van der Waals surface area (Å²) in [4.78, 5) is 9.27. The fraction of sp³-hybridized carbons (Fsp3) is 0.200. The van der Waals surface area contributed by atoms with Gasteiger partial charge in [0.05, 0.1) is 0 Å². The predicted octanol–water partition coefficient (Wildman–Crippen LogP) is 4.27. The Hall–Kier alpha value is -1.39. The lowest BCUT2D eigenvalue weighted by molar-refractivity contribution is 0.904. The van der Waals surface area contributed by atoms with Gasteiger partial charge < -0.3 is 0 Å². The molecule has 102 valence electrons. The molecule has 3 aromatic rings. The summed E-state index contributed by atoms with van der Waals surface area (Å²) in [7, 11) is 0. The average molecular weight is 351 g/mol. The van der Waals surface area contributed by atoms with Crippen LogP contribution in [0.4, 0.5) is 0 Å². The van der Waals surface area contributed by atoms with E-state index in [0.29, 0.717) is 12.3 Å². The number of hydrogen-bond acceptors (Lipinski definition) is 2. The van der Waals surface area contributed by atoms with Crippen LogP contribution in [0.3, 0.4) is 0 Å². The Morgan fingerprint density at radius 1 is 1.10 bits per heavy atom. The molecule has 0 amide bonds. The van der Waals surface area contributed by atoms with Crippen LogP contribution in [0.2, 0.25) is 0 Å². The third kappa shape index (κ3) is 2.45. The van der Waals surface area contributed by atoms with Crippen molar-refractivity contribution in [3.8, 4) is 5.69 Å². The highest BCUT2D eigenvalue weighted by Gasteiger charge is 2.13. The van der Waals surface area contributed by atoms with Crippen LogP contribution in [-0.2, 0) is 6.42 Å². The Bertz CT molecular complexity index is 750. The third-order valence-electron chi connectivity index (χ3n) is 3.12. The molecule has 2 aromatic heterocycles. The molecule has 2 heterocycles. The standard InChI is InChI=1S/C15H13BrClN3/c1-10-2-7-13-15(18-10)20(14(19-13)8-9-17)12-5-3-11(16)4-6-12/h2-7H,8-9H2,1H3. The molecular weight excluding hydrogens is 338 g/mol. The fourth-order valence-electron chi connectivity index (χ4n) is 2.21. The van der Waals surface area contributed by atoms with Gasteiger partial charge >= 0.3 is 0 Å². The van der Waals surface area contributed by atoms with Gasteiger partial charge in [0.25, 0.3) is 0 Å². The Kier molecular flexibility index (Phi) is 3.76. The van der Waals surface area contributed by atoms with Crippen molar-refractivity contribution >= 4 is 38.7 Å². The van der Waals surface area contributed by atoms with E-state index in [1.54, 1.807) is 0 Å². The second kappa shape index (κ2) is 5.54. The number of halogens is 2. The highest BCUT2D eigenvalue weighted by molar-refractivity contribution is 9.10. The number of alkyl halides is 1. The summed E-state index contributed by atoms with van der Waals surface area (Å²) in [6.07, 6.45) is 0.715. The second-order valence-corrected chi connectivity index (χ2v) is 5.87. The molecule has 0 saturated carbocycles. The average Bonchev–Trinajstić information content (AvgIpc) is 2.78. The van der Waals surface area contributed by atoms with Crippen LogP contribution in [0.15, 0.2) is 40.9 Å². The summed E-state index contributed by atoms with van der Waals surface area (Å²) in [5.41, 5.74) is 3.81. The largest absolute Gasteiger partial charge is 0.281 e. The van der Waals surface area contributed by atoms with Gasteiger partial charge in [-0.15, -0.1) is 11.6 Å². The minimum atomic E-state index is 0.541. The Morgan fingerprint density at radius 2 is 1.85 bits per heavy atom. The summed E-state index contributed by atoms with van der Waals surface area (Å²) < 4.78 is 3.13. The fourth-order valence-corrected chi connectivity index (χ4v) is 2.65. The lowest BCUT2D eigenvalue weighted by Gasteiger charge is -2.08. The van der Waals surface area contributed by atoms with Crippen LogP contribution in [0.1, 0.15) is 11.5 Å². The molecule has 1 aromatic carbocycles. The van der Waals surface area contributed by atoms with E-state index in [9.17, 15) is 0 Å². The summed E-state index contributed by atoms with van der Waals surface area (Å²) >= 11 is 9.36. The van der Waals surface area contributed by atoms with Gasteiger partial charge in [0.1, 0.15) is 11.3 Å². The summed E-state index contributed by atoms with van der Waals surface area (Å²) in [6, 6.07) is 12.1. The van der Waals surface area contributed by atoms with Crippen molar-refractivity contribution in [2.45, 2.75) is 13.3 Å². The number of aryl methyl sites for hydroxylation is 2. The quantitative estimate of drug-likeness (QED) is 0.660. The second-order valence-electron chi connectivity index (χ2n) is 4.57. The maximum Gasteiger partial charge on any atom is 0.164 e. The lowest BCUT2D eigenvalue weighted by atomic mass is 10.3. The molecule has 3 rings (SSSR count). The first-order chi connectivity index (χ1) is 9.69. The van der Waals surface area contributed by atoms with Gasteiger partial charge in [-0.05, 0) is 43.3 Å². The van der Waals surface area contributed by atoms with E-state index in [2.05, 4.69) is 30.5 Å². The molecule has 0 radical (unpaired) electrons. The first kappa shape index (κ1) is 13.6. The van der Waals surface area contributed by atoms with Gasteiger partial charge in [-0.1, -0.05) is 15.9 Å². The highest BCUT2D eigenvalue weighted by Crippen LogP contribution is 2.22. The summed E-state index contributed by atoms with van der Waals surface area (Å²) in [5.74, 6) is 1.48. The molecule has 5 heteroatoms. The number of rotatable bonds is 3. The zero-order valence-corrected chi connectivity index (χ0v) is 13.3. The van der Waals surface area contributed by atoms with Crippen molar-refractivity contribution in [3.05, 3.63) is 52.4 Å². The van der Waals surface area contributed by atoms with Gasteiger partial charge in [-0.3, -0.25) is 4.57 Å². The molecular formula is C15H13BrClN3. The van der Waals surface area contributed by atoms with Crippen LogP contribution >= 0.6 is 27.5 Å². The normalized spacial score (nSPS) is 11.2. The molecule has 0 saturated heterocycles. The number of nitrogens with zero attached hydrogens (tertiary/aromatic N) is 3. The maximum absolute atomic E-state index is 5.90. The first-order valence-electron chi connectivity index (χ1n) is 6.36. The number of aromatic nitrogens is 3. The molecule has 0 atom stereocenters. The topological polar surface area (TPSA) is 30.7 Å². The van der Waals surface area contributed by atoms with E-state index in [-0.39, 0.29) is 0 Å². The van der Waals surface area contributed by atoms with E-state index in [4.69, 9.17) is 11.6 Å².